The van der Waals surface area contributed by atoms with E-state index in [1.54, 1.807) is 0 Å². The summed E-state index contributed by atoms with van der Waals surface area (Å²) in [4.78, 5) is 0. The third-order valence-corrected chi connectivity index (χ3v) is 2.41. The maximum Gasteiger partial charge on any atom is 0.0494 e. The highest BCUT2D eigenvalue weighted by molar-refractivity contribution is 4.82. The van der Waals surface area contributed by atoms with E-state index in [0.29, 0.717) is 0 Å². The molecule has 0 radical (unpaired) electrons. The van der Waals surface area contributed by atoms with Crippen molar-refractivity contribution in [2.75, 3.05) is 13.2 Å². The fourth-order valence-corrected chi connectivity index (χ4v) is 1.32. The minimum atomic E-state index is 0.904. The topological polar surface area (TPSA) is 9.23 Å². The van der Waals surface area contributed by atoms with Gasteiger partial charge in [-0.1, -0.05) is 12.8 Å². The lowest BCUT2D eigenvalue weighted by Crippen LogP contribution is -1.98. The average molecular weight is 180 g/mol. The monoisotopic (exact) mass is 180 g/mol. The van der Waals surface area contributed by atoms with E-state index in [0.717, 1.165) is 25.6 Å². The average Bonchev–Trinajstić information content (AvgIpc) is 2.93. The van der Waals surface area contributed by atoms with Gasteiger partial charge in [0.15, 0.2) is 0 Å². The van der Waals surface area contributed by atoms with E-state index in [1.807, 2.05) is 0 Å². The van der Waals surface area contributed by atoms with E-state index in [-0.39, 0.29) is 0 Å². The van der Waals surface area contributed by atoms with Crippen LogP contribution in [-0.2, 0) is 4.74 Å². The second-order valence-electron chi connectivity index (χ2n) is 3.89. The molecule has 0 aliphatic heterocycles. The first-order valence-electron chi connectivity index (χ1n) is 5.44. The van der Waals surface area contributed by atoms with Crippen LogP contribution in [0.15, 0.2) is 0 Å². The lowest BCUT2D eigenvalue weighted by Gasteiger charge is -2.01. The van der Waals surface area contributed by atoms with Gasteiger partial charge in [0, 0.05) is 19.6 Å². The minimum Gasteiger partial charge on any atom is -0.381 e. The number of rotatable bonds is 8. The molecule has 1 aliphatic carbocycles. The van der Waals surface area contributed by atoms with Gasteiger partial charge < -0.3 is 4.74 Å². The van der Waals surface area contributed by atoms with Gasteiger partial charge in [-0.15, -0.1) is 12.3 Å². The molecule has 0 aromatic carbocycles. The van der Waals surface area contributed by atoms with Crippen molar-refractivity contribution < 1.29 is 4.74 Å². The van der Waals surface area contributed by atoms with Crippen LogP contribution in [0.4, 0.5) is 0 Å². The lowest BCUT2D eigenvalue weighted by molar-refractivity contribution is 0.120. The highest BCUT2D eigenvalue weighted by Crippen LogP contribution is 2.28. The summed E-state index contributed by atoms with van der Waals surface area (Å²) in [7, 11) is 0. The quantitative estimate of drug-likeness (QED) is 0.412. The second-order valence-corrected chi connectivity index (χ2v) is 3.89. The Bertz CT molecular complexity index is 153. The molecular weight excluding hydrogens is 160 g/mol. The molecule has 1 saturated carbocycles. The summed E-state index contributed by atoms with van der Waals surface area (Å²) in [6.07, 6.45) is 13.8. The van der Waals surface area contributed by atoms with Crippen LogP contribution in [0.1, 0.15) is 44.9 Å². The highest BCUT2D eigenvalue weighted by atomic mass is 16.5. The van der Waals surface area contributed by atoms with Crippen LogP contribution < -0.4 is 0 Å². The molecular formula is C12H20O. The fraction of sp³-hybridized carbons (Fsp3) is 0.833. The van der Waals surface area contributed by atoms with Gasteiger partial charge in [-0.05, 0) is 31.6 Å². The molecule has 1 nitrogen and oxygen atoms in total. The zero-order valence-electron chi connectivity index (χ0n) is 8.43. The molecule has 1 fully saturated rings. The zero-order chi connectivity index (χ0) is 9.36. The molecule has 0 heterocycles. The van der Waals surface area contributed by atoms with E-state index >= 15 is 0 Å². The zero-order valence-corrected chi connectivity index (χ0v) is 8.43. The number of terminal acetylenes is 1. The van der Waals surface area contributed by atoms with E-state index in [1.165, 1.54) is 38.5 Å². The summed E-state index contributed by atoms with van der Waals surface area (Å²) in [5, 5.41) is 0. The Labute approximate surface area is 81.9 Å². The van der Waals surface area contributed by atoms with Gasteiger partial charge >= 0.3 is 0 Å². The normalized spacial score (nSPS) is 15.6. The Hall–Kier alpha value is -0.480. The maximum atomic E-state index is 5.52. The molecule has 1 heteroatoms. The van der Waals surface area contributed by atoms with Crippen molar-refractivity contribution in [1.29, 1.82) is 0 Å². The molecule has 0 aromatic rings. The molecule has 1 rings (SSSR count). The van der Waals surface area contributed by atoms with Crippen molar-refractivity contribution in [3.63, 3.8) is 0 Å². The molecule has 0 unspecified atom stereocenters. The molecule has 0 bridgehead atoms. The summed E-state index contributed by atoms with van der Waals surface area (Å²) in [5.41, 5.74) is 0. The summed E-state index contributed by atoms with van der Waals surface area (Å²) in [6, 6.07) is 0. The Morgan fingerprint density at radius 2 is 1.92 bits per heavy atom. The predicted octanol–water partition coefficient (Wildman–Crippen LogP) is 3.00. The maximum absolute atomic E-state index is 5.52. The Morgan fingerprint density at radius 3 is 2.62 bits per heavy atom. The largest absolute Gasteiger partial charge is 0.381 e. The Kier molecular flexibility index (Phi) is 5.69. The molecule has 0 aromatic heterocycles. The number of hydrogen-bond donors (Lipinski definition) is 0. The SMILES string of the molecule is C#CCCCCCCOCC1CC1. The van der Waals surface area contributed by atoms with Crippen LogP contribution in [0, 0.1) is 18.3 Å². The second kappa shape index (κ2) is 6.97. The summed E-state index contributed by atoms with van der Waals surface area (Å²) in [6.45, 7) is 1.96. The van der Waals surface area contributed by atoms with E-state index < -0.39 is 0 Å². The molecule has 0 N–H and O–H groups in total. The van der Waals surface area contributed by atoms with Crippen LogP contribution in [0.5, 0.6) is 0 Å². The van der Waals surface area contributed by atoms with Crippen molar-refractivity contribution in [1.82, 2.24) is 0 Å². The van der Waals surface area contributed by atoms with E-state index in [4.69, 9.17) is 11.2 Å². The van der Waals surface area contributed by atoms with Crippen molar-refractivity contribution in [3.05, 3.63) is 0 Å². The van der Waals surface area contributed by atoms with Gasteiger partial charge in [-0.2, -0.15) is 0 Å². The summed E-state index contributed by atoms with van der Waals surface area (Å²) >= 11 is 0. The van der Waals surface area contributed by atoms with Crippen molar-refractivity contribution in [2.45, 2.75) is 44.9 Å². The first-order chi connectivity index (χ1) is 6.43. The summed E-state index contributed by atoms with van der Waals surface area (Å²) in [5.74, 6) is 3.57. The number of unbranched alkanes of at least 4 members (excludes halogenated alkanes) is 4. The standard InChI is InChI=1S/C12H20O/c1-2-3-4-5-6-7-10-13-11-12-8-9-12/h1,12H,3-11H2. The van der Waals surface area contributed by atoms with Gasteiger partial charge in [0.05, 0.1) is 0 Å². The number of ether oxygens (including phenoxy) is 1. The van der Waals surface area contributed by atoms with Crippen LogP contribution in [0.25, 0.3) is 0 Å². The van der Waals surface area contributed by atoms with Crippen LogP contribution in [-0.4, -0.2) is 13.2 Å². The Balaban J connectivity index is 1.66. The van der Waals surface area contributed by atoms with Gasteiger partial charge in [-0.25, -0.2) is 0 Å². The van der Waals surface area contributed by atoms with Crippen LogP contribution in [0.3, 0.4) is 0 Å². The molecule has 0 saturated heterocycles. The third-order valence-electron chi connectivity index (χ3n) is 2.41. The van der Waals surface area contributed by atoms with E-state index in [9.17, 15) is 0 Å². The molecule has 13 heavy (non-hydrogen) atoms. The van der Waals surface area contributed by atoms with Gasteiger partial charge in [-0.3, -0.25) is 0 Å². The minimum absolute atomic E-state index is 0.904. The third kappa shape index (κ3) is 6.66. The first kappa shape index (κ1) is 10.6. The molecule has 74 valence electrons. The van der Waals surface area contributed by atoms with Crippen molar-refractivity contribution in [3.8, 4) is 12.3 Å². The molecule has 0 atom stereocenters. The number of hydrogen-bond acceptors (Lipinski definition) is 1. The predicted molar refractivity (Wildman–Crippen MR) is 55.5 cm³/mol. The molecule has 0 amide bonds. The van der Waals surface area contributed by atoms with Crippen LogP contribution >= 0.6 is 0 Å². The van der Waals surface area contributed by atoms with Crippen molar-refractivity contribution >= 4 is 0 Å². The van der Waals surface area contributed by atoms with Gasteiger partial charge in [0.2, 0.25) is 0 Å². The highest BCUT2D eigenvalue weighted by Gasteiger charge is 2.20. The van der Waals surface area contributed by atoms with Gasteiger partial charge in [0.1, 0.15) is 0 Å². The molecule has 1 aliphatic rings. The lowest BCUT2D eigenvalue weighted by atomic mass is 10.1. The van der Waals surface area contributed by atoms with Crippen LogP contribution in [0.2, 0.25) is 0 Å². The summed E-state index contributed by atoms with van der Waals surface area (Å²) < 4.78 is 5.52. The fourth-order valence-electron chi connectivity index (χ4n) is 1.32. The first-order valence-corrected chi connectivity index (χ1v) is 5.44. The van der Waals surface area contributed by atoms with Crippen molar-refractivity contribution in [2.24, 2.45) is 5.92 Å². The van der Waals surface area contributed by atoms with E-state index in [2.05, 4.69) is 5.92 Å². The Morgan fingerprint density at radius 1 is 1.15 bits per heavy atom. The van der Waals surface area contributed by atoms with Gasteiger partial charge in [0.25, 0.3) is 0 Å². The smallest absolute Gasteiger partial charge is 0.0494 e. The molecule has 0 spiro atoms.